The van der Waals surface area contributed by atoms with Gasteiger partial charge in [-0.1, -0.05) is 50.2 Å². The summed E-state index contributed by atoms with van der Waals surface area (Å²) in [5.41, 5.74) is 2.13. The molecule has 0 aliphatic heterocycles. The van der Waals surface area contributed by atoms with Gasteiger partial charge >= 0.3 is 0 Å². The van der Waals surface area contributed by atoms with E-state index in [1.54, 1.807) is 7.11 Å². The lowest BCUT2D eigenvalue weighted by Crippen LogP contribution is -2.08. The molecule has 1 aromatic carbocycles. The Hall–Kier alpha value is -1.02. The monoisotopic (exact) mass is 262 g/mol. The highest BCUT2D eigenvalue weighted by atomic mass is 16.5. The molecule has 0 heterocycles. The van der Waals surface area contributed by atoms with E-state index in [0.717, 1.165) is 17.7 Å². The Labute approximate surface area is 116 Å². The van der Waals surface area contributed by atoms with Gasteiger partial charge in [0.25, 0.3) is 0 Å². The van der Waals surface area contributed by atoms with Crippen LogP contribution in [-0.4, -0.2) is 12.2 Å². The normalized spacial score (nSPS) is 18.9. The topological polar surface area (TPSA) is 29.5 Å². The maximum absolute atomic E-state index is 10.5. The molecule has 0 spiro atoms. The first kappa shape index (κ1) is 14.4. The van der Waals surface area contributed by atoms with Gasteiger partial charge in [0.05, 0.1) is 13.2 Å². The standard InChI is InChI=1S/C17H26O2/c1-13-9-10-17(19-2)15(11-13)16(18)12-14-7-5-3-4-6-8-14/h9-11,14,16,18H,3-8,12H2,1-2H3. The molecule has 0 bridgehead atoms. The van der Waals surface area contributed by atoms with Gasteiger partial charge in [-0.05, 0) is 31.4 Å². The van der Waals surface area contributed by atoms with E-state index in [1.165, 1.54) is 44.1 Å². The summed E-state index contributed by atoms with van der Waals surface area (Å²) < 4.78 is 5.38. The van der Waals surface area contributed by atoms with E-state index in [4.69, 9.17) is 4.74 Å². The molecule has 1 atom stereocenters. The van der Waals surface area contributed by atoms with Crippen molar-refractivity contribution in [1.29, 1.82) is 0 Å². The molecule has 1 aromatic rings. The quantitative estimate of drug-likeness (QED) is 0.815. The summed E-state index contributed by atoms with van der Waals surface area (Å²) in [5, 5.41) is 10.5. The lowest BCUT2D eigenvalue weighted by Gasteiger charge is -2.20. The number of rotatable bonds is 4. The van der Waals surface area contributed by atoms with E-state index >= 15 is 0 Å². The van der Waals surface area contributed by atoms with E-state index in [0.29, 0.717) is 5.92 Å². The Morgan fingerprint density at radius 2 is 1.89 bits per heavy atom. The van der Waals surface area contributed by atoms with Crippen molar-refractivity contribution in [2.24, 2.45) is 5.92 Å². The molecule has 1 saturated carbocycles. The number of aryl methyl sites for hydroxylation is 1. The minimum absolute atomic E-state index is 0.391. The molecule has 1 aliphatic carbocycles. The summed E-state index contributed by atoms with van der Waals surface area (Å²) in [7, 11) is 1.67. The summed E-state index contributed by atoms with van der Waals surface area (Å²) in [5.74, 6) is 1.48. The first-order valence-electron chi connectivity index (χ1n) is 7.53. The number of hydrogen-bond acceptors (Lipinski definition) is 2. The van der Waals surface area contributed by atoms with Crippen molar-refractivity contribution in [2.45, 2.75) is 58.0 Å². The van der Waals surface area contributed by atoms with Crippen molar-refractivity contribution in [2.75, 3.05) is 7.11 Å². The largest absolute Gasteiger partial charge is 0.496 e. The van der Waals surface area contributed by atoms with Crippen molar-refractivity contribution in [3.63, 3.8) is 0 Å². The van der Waals surface area contributed by atoms with Gasteiger partial charge in [-0.3, -0.25) is 0 Å². The first-order valence-corrected chi connectivity index (χ1v) is 7.53. The summed E-state index contributed by atoms with van der Waals surface area (Å²) in [6.45, 7) is 2.06. The zero-order valence-corrected chi connectivity index (χ0v) is 12.2. The fourth-order valence-electron chi connectivity index (χ4n) is 3.16. The van der Waals surface area contributed by atoms with Gasteiger partial charge in [0.15, 0.2) is 0 Å². The van der Waals surface area contributed by atoms with Crippen LogP contribution < -0.4 is 4.74 Å². The fraction of sp³-hybridized carbons (Fsp3) is 0.647. The number of ether oxygens (including phenoxy) is 1. The van der Waals surface area contributed by atoms with Gasteiger partial charge in [-0.25, -0.2) is 0 Å². The van der Waals surface area contributed by atoms with Crippen LogP contribution in [-0.2, 0) is 0 Å². The van der Waals surface area contributed by atoms with E-state index < -0.39 is 6.10 Å². The molecule has 106 valence electrons. The average Bonchev–Trinajstić information content (AvgIpc) is 2.67. The Morgan fingerprint density at radius 1 is 1.21 bits per heavy atom. The van der Waals surface area contributed by atoms with Crippen LogP contribution in [0.5, 0.6) is 5.75 Å². The maximum atomic E-state index is 10.5. The van der Waals surface area contributed by atoms with E-state index in [1.807, 2.05) is 12.1 Å². The Bertz CT molecular complexity index is 392. The summed E-state index contributed by atoms with van der Waals surface area (Å²) in [4.78, 5) is 0. The van der Waals surface area contributed by atoms with Crippen LogP contribution in [0.4, 0.5) is 0 Å². The number of aliphatic hydroxyl groups excluding tert-OH is 1. The molecule has 1 aliphatic rings. The molecule has 2 heteroatoms. The van der Waals surface area contributed by atoms with E-state index in [-0.39, 0.29) is 0 Å². The molecule has 1 N–H and O–H groups in total. The molecule has 0 aromatic heterocycles. The second-order valence-corrected chi connectivity index (χ2v) is 5.85. The predicted octanol–water partition coefficient (Wildman–Crippen LogP) is 4.40. The van der Waals surface area contributed by atoms with Crippen molar-refractivity contribution in [1.82, 2.24) is 0 Å². The van der Waals surface area contributed by atoms with Gasteiger partial charge in [-0.2, -0.15) is 0 Å². The Balaban J connectivity index is 2.05. The van der Waals surface area contributed by atoms with Gasteiger partial charge in [0, 0.05) is 5.56 Å². The average molecular weight is 262 g/mol. The third-order valence-corrected chi connectivity index (χ3v) is 4.28. The molecule has 2 nitrogen and oxygen atoms in total. The SMILES string of the molecule is COc1ccc(C)cc1C(O)CC1CCCCCC1. The summed E-state index contributed by atoms with van der Waals surface area (Å²) in [6, 6.07) is 6.04. The van der Waals surface area contributed by atoms with Gasteiger partial charge < -0.3 is 9.84 Å². The van der Waals surface area contributed by atoms with Gasteiger partial charge in [0.2, 0.25) is 0 Å². The minimum atomic E-state index is -0.391. The van der Waals surface area contributed by atoms with Crippen LogP contribution in [0.1, 0.15) is 62.2 Å². The molecule has 2 rings (SSSR count). The highest BCUT2D eigenvalue weighted by Crippen LogP contribution is 2.34. The second kappa shape index (κ2) is 6.95. The third-order valence-electron chi connectivity index (χ3n) is 4.28. The summed E-state index contributed by atoms with van der Waals surface area (Å²) >= 11 is 0. The lowest BCUT2D eigenvalue weighted by atomic mass is 9.90. The van der Waals surface area contributed by atoms with Crippen LogP contribution >= 0.6 is 0 Å². The highest BCUT2D eigenvalue weighted by molar-refractivity contribution is 5.38. The Morgan fingerprint density at radius 3 is 2.53 bits per heavy atom. The molecular weight excluding hydrogens is 236 g/mol. The minimum Gasteiger partial charge on any atom is -0.496 e. The first-order chi connectivity index (χ1) is 9.20. The summed E-state index contributed by atoms with van der Waals surface area (Å²) in [6.07, 6.45) is 8.39. The Kier molecular flexibility index (Phi) is 5.26. The smallest absolute Gasteiger partial charge is 0.124 e. The van der Waals surface area contributed by atoms with Gasteiger partial charge in [-0.15, -0.1) is 0 Å². The molecule has 0 amide bonds. The van der Waals surface area contributed by atoms with Crippen molar-refractivity contribution >= 4 is 0 Å². The molecule has 1 unspecified atom stereocenters. The number of hydrogen-bond donors (Lipinski definition) is 1. The fourth-order valence-corrected chi connectivity index (χ4v) is 3.16. The van der Waals surface area contributed by atoms with E-state index in [9.17, 15) is 5.11 Å². The molecule has 0 radical (unpaired) electrons. The molecular formula is C17H26O2. The van der Waals surface area contributed by atoms with Crippen LogP contribution in [0.15, 0.2) is 18.2 Å². The number of benzene rings is 1. The maximum Gasteiger partial charge on any atom is 0.124 e. The van der Waals surface area contributed by atoms with Crippen molar-refractivity contribution < 1.29 is 9.84 Å². The van der Waals surface area contributed by atoms with Crippen LogP contribution in [0.3, 0.4) is 0 Å². The second-order valence-electron chi connectivity index (χ2n) is 5.85. The van der Waals surface area contributed by atoms with Crippen LogP contribution in [0.2, 0.25) is 0 Å². The number of aliphatic hydroxyl groups is 1. The highest BCUT2D eigenvalue weighted by Gasteiger charge is 2.20. The predicted molar refractivity (Wildman–Crippen MR) is 78.5 cm³/mol. The third kappa shape index (κ3) is 3.97. The lowest BCUT2D eigenvalue weighted by molar-refractivity contribution is 0.136. The zero-order valence-electron chi connectivity index (χ0n) is 12.2. The van der Waals surface area contributed by atoms with Crippen molar-refractivity contribution in [3.05, 3.63) is 29.3 Å². The van der Waals surface area contributed by atoms with E-state index in [2.05, 4.69) is 13.0 Å². The molecule has 19 heavy (non-hydrogen) atoms. The van der Waals surface area contributed by atoms with Crippen molar-refractivity contribution in [3.8, 4) is 5.75 Å². The molecule has 0 saturated heterocycles. The molecule has 1 fully saturated rings. The van der Waals surface area contributed by atoms with Crippen LogP contribution in [0.25, 0.3) is 0 Å². The zero-order chi connectivity index (χ0) is 13.7. The van der Waals surface area contributed by atoms with Gasteiger partial charge in [0.1, 0.15) is 5.75 Å². The number of methoxy groups -OCH3 is 1. The van der Waals surface area contributed by atoms with Crippen LogP contribution in [0, 0.1) is 12.8 Å².